The van der Waals surface area contributed by atoms with Crippen molar-refractivity contribution in [3.05, 3.63) is 24.0 Å². The van der Waals surface area contributed by atoms with Crippen molar-refractivity contribution in [2.75, 3.05) is 24.5 Å². The Bertz CT molecular complexity index is 738. The highest BCUT2D eigenvalue weighted by atomic mass is 32.1. The van der Waals surface area contributed by atoms with Gasteiger partial charge in [-0.3, -0.25) is 4.79 Å². The highest BCUT2D eigenvalue weighted by Gasteiger charge is 2.31. The number of carbonyl (C=O) groups excluding carboxylic acids is 1. The van der Waals surface area contributed by atoms with Crippen LogP contribution >= 0.6 is 11.3 Å². The molecule has 1 aromatic heterocycles. The first-order chi connectivity index (χ1) is 11.3. The van der Waals surface area contributed by atoms with Gasteiger partial charge in [-0.1, -0.05) is 17.4 Å². The number of nitrogens with zero attached hydrogens (tertiary/aromatic N) is 2. The summed E-state index contributed by atoms with van der Waals surface area (Å²) in [7, 11) is 0. The van der Waals surface area contributed by atoms with Crippen LogP contribution in [0.4, 0.5) is 22.7 Å². The van der Waals surface area contributed by atoms with Crippen LogP contribution in [0.3, 0.4) is 0 Å². The second-order valence-electron chi connectivity index (χ2n) is 5.68. The number of aromatic nitrogens is 1. The zero-order chi connectivity index (χ0) is 17.3. The minimum Gasteiger partial charge on any atom is -0.348 e. The van der Waals surface area contributed by atoms with Gasteiger partial charge in [0.2, 0.25) is 5.91 Å². The number of hydrogen-bond donors (Lipinski definition) is 1. The van der Waals surface area contributed by atoms with Crippen LogP contribution in [-0.4, -0.2) is 36.7 Å². The summed E-state index contributed by atoms with van der Waals surface area (Å²) in [4.78, 5) is 18.0. The van der Waals surface area contributed by atoms with Crippen LogP contribution in [0.1, 0.15) is 12.8 Å². The summed E-state index contributed by atoms with van der Waals surface area (Å²) >= 11 is 1.37. The van der Waals surface area contributed by atoms with Gasteiger partial charge >= 0.3 is 6.18 Å². The molecule has 0 bridgehead atoms. The Morgan fingerprint density at radius 3 is 2.67 bits per heavy atom. The molecule has 1 N–H and O–H groups in total. The van der Waals surface area contributed by atoms with Crippen LogP contribution in [0.5, 0.6) is 0 Å². The number of piperidine rings is 1. The van der Waals surface area contributed by atoms with E-state index in [4.69, 9.17) is 0 Å². The molecule has 4 nitrogen and oxygen atoms in total. The van der Waals surface area contributed by atoms with Crippen molar-refractivity contribution in [3.8, 4) is 0 Å². The molecule has 1 aromatic carbocycles. The molecule has 1 aliphatic heterocycles. The van der Waals surface area contributed by atoms with E-state index in [1.165, 1.54) is 17.4 Å². The Balaban J connectivity index is 1.60. The third kappa shape index (κ3) is 3.77. The molecule has 9 heteroatoms. The monoisotopic (exact) mass is 361 g/mol. The molecule has 0 atom stereocenters. The van der Waals surface area contributed by atoms with E-state index in [-0.39, 0.29) is 5.82 Å². The quantitative estimate of drug-likeness (QED) is 0.853. The summed E-state index contributed by atoms with van der Waals surface area (Å²) in [5, 5.41) is 2.60. The van der Waals surface area contributed by atoms with Crippen LogP contribution in [-0.2, 0) is 4.79 Å². The van der Waals surface area contributed by atoms with Gasteiger partial charge in [0.1, 0.15) is 17.9 Å². The van der Waals surface area contributed by atoms with Gasteiger partial charge in [-0.05, 0) is 25.0 Å². The number of anilines is 1. The second-order valence-corrected chi connectivity index (χ2v) is 6.69. The molecule has 1 fully saturated rings. The van der Waals surface area contributed by atoms with Gasteiger partial charge in [0.05, 0.1) is 4.70 Å². The van der Waals surface area contributed by atoms with Crippen molar-refractivity contribution < 1.29 is 22.4 Å². The molecular weight excluding hydrogens is 346 g/mol. The summed E-state index contributed by atoms with van der Waals surface area (Å²) in [6.07, 6.45) is -3.51. The molecule has 2 aromatic rings. The number of amides is 1. The molecule has 3 rings (SSSR count). The van der Waals surface area contributed by atoms with E-state index in [1.807, 2.05) is 10.2 Å². The zero-order valence-corrected chi connectivity index (χ0v) is 13.4. The van der Waals surface area contributed by atoms with Gasteiger partial charge in [-0.25, -0.2) is 9.37 Å². The number of thiazole rings is 1. The summed E-state index contributed by atoms with van der Waals surface area (Å²) in [5.41, 5.74) is 0.322. The predicted molar refractivity (Wildman–Crippen MR) is 83.6 cm³/mol. The smallest absolute Gasteiger partial charge is 0.348 e. The summed E-state index contributed by atoms with van der Waals surface area (Å²) in [6, 6.07) is 4.76. The van der Waals surface area contributed by atoms with Crippen LogP contribution in [0.15, 0.2) is 18.2 Å². The number of halogens is 4. The SMILES string of the molecule is O=C(NCC(F)(F)F)C1CCN(c2nc3c(F)cccc3s2)CC1. The maximum absolute atomic E-state index is 13.7. The molecule has 24 heavy (non-hydrogen) atoms. The number of nitrogens with one attached hydrogen (secondary N) is 1. The van der Waals surface area contributed by atoms with Gasteiger partial charge in [0.15, 0.2) is 5.13 Å². The zero-order valence-electron chi connectivity index (χ0n) is 12.6. The third-order valence-electron chi connectivity index (χ3n) is 3.96. The van der Waals surface area contributed by atoms with Gasteiger partial charge in [-0.2, -0.15) is 13.2 Å². The van der Waals surface area contributed by atoms with E-state index in [2.05, 4.69) is 4.98 Å². The number of fused-ring (bicyclic) bond motifs is 1. The highest BCUT2D eigenvalue weighted by Crippen LogP contribution is 2.32. The van der Waals surface area contributed by atoms with Gasteiger partial charge in [0.25, 0.3) is 0 Å². The molecule has 1 saturated heterocycles. The number of alkyl halides is 3. The minimum atomic E-state index is -4.40. The molecule has 0 unspecified atom stereocenters. The third-order valence-corrected chi connectivity index (χ3v) is 5.04. The summed E-state index contributed by atoms with van der Waals surface area (Å²) in [5.74, 6) is -1.38. The number of hydrogen-bond acceptors (Lipinski definition) is 4. The van der Waals surface area contributed by atoms with Crippen LogP contribution in [0, 0.1) is 11.7 Å². The Kier molecular flexibility index (Phi) is 4.62. The van der Waals surface area contributed by atoms with E-state index in [1.54, 1.807) is 12.1 Å². The molecule has 2 heterocycles. The molecule has 1 amide bonds. The lowest BCUT2D eigenvalue weighted by molar-refractivity contribution is -0.141. The average molecular weight is 361 g/mol. The standard InChI is InChI=1S/C15H15F4N3OS/c16-10-2-1-3-11-12(10)21-14(24-11)22-6-4-9(5-7-22)13(23)20-8-15(17,18)19/h1-3,9H,4-8H2,(H,20,23). The van der Waals surface area contributed by atoms with Crippen molar-refractivity contribution in [3.63, 3.8) is 0 Å². The average Bonchev–Trinajstić information content (AvgIpc) is 2.98. The van der Waals surface area contributed by atoms with Crippen LogP contribution < -0.4 is 10.2 Å². The lowest BCUT2D eigenvalue weighted by Gasteiger charge is -2.31. The van der Waals surface area contributed by atoms with E-state index in [9.17, 15) is 22.4 Å². The maximum Gasteiger partial charge on any atom is 0.405 e. The van der Waals surface area contributed by atoms with Crippen LogP contribution in [0.2, 0.25) is 0 Å². The van der Waals surface area contributed by atoms with Gasteiger partial charge < -0.3 is 10.2 Å². The largest absolute Gasteiger partial charge is 0.405 e. The first kappa shape index (κ1) is 16.9. The normalized spacial score (nSPS) is 16.6. The fourth-order valence-corrected chi connectivity index (χ4v) is 3.73. The van der Waals surface area contributed by atoms with Gasteiger partial charge in [0, 0.05) is 19.0 Å². The fraction of sp³-hybridized carbons (Fsp3) is 0.467. The lowest BCUT2D eigenvalue weighted by Crippen LogP contribution is -2.43. The van der Waals surface area contributed by atoms with Crippen LogP contribution in [0.25, 0.3) is 10.2 Å². The van der Waals surface area contributed by atoms with E-state index in [0.29, 0.717) is 36.6 Å². The maximum atomic E-state index is 13.7. The Labute approximate surface area is 139 Å². The summed E-state index contributed by atoms with van der Waals surface area (Å²) in [6.45, 7) is -0.291. The topological polar surface area (TPSA) is 45.2 Å². The number of para-hydroxylation sites is 1. The number of benzene rings is 1. The Morgan fingerprint density at radius 1 is 1.33 bits per heavy atom. The number of rotatable bonds is 3. The van der Waals surface area contributed by atoms with Crippen molar-refractivity contribution in [2.24, 2.45) is 5.92 Å². The van der Waals surface area contributed by atoms with E-state index in [0.717, 1.165) is 4.70 Å². The molecule has 0 spiro atoms. The van der Waals surface area contributed by atoms with Crippen molar-refractivity contribution >= 4 is 32.6 Å². The van der Waals surface area contributed by atoms with Crippen molar-refractivity contribution in [1.29, 1.82) is 0 Å². The molecule has 0 aliphatic carbocycles. The fourth-order valence-electron chi connectivity index (χ4n) is 2.70. The molecular formula is C15H15F4N3OS. The molecule has 130 valence electrons. The Morgan fingerprint density at radius 2 is 2.04 bits per heavy atom. The van der Waals surface area contributed by atoms with E-state index >= 15 is 0 Å². The van der Waals surface area contributed by atoms with Crippen molar-refractivity contribution in [2.45, 2.75) is 19.0 Å². The second kappa shape index (κ2) is 6.54. The highest BCUT2D eigenvalue weighted by molar-refractivity contribution is 7.22. The van der Waals surface area contributed by atoms with Gasteiger partial charge in [-0.15, -0.1) is 0 Å². The predicted octanol–water partition coefficient (Wildman–Crippen LogP) is 3.33. The lowest BCUT2D eigenvalue weighted by atomic mass is 9.96. The molecule has 1 aliphatic rings. The summed E-state index contributed by atoms with van der Waals surface area (Å²) < 4.78 is 50.9. The van der Waals surface area contributed by atoms with Crippen molar-refractivity contribution in [1.82, 2.24) is 10.3 Å². The number of carbonyl (C=O) groups is 1. The first-order valence-corrected chi connectivity index (χ1v) is 8.29. The Hall–Kier alpha value is -1.90. The molecule has 0 radical (unpaired) electrons. The van der Waals surface area contributed by atoms with E-state index < -0.39 is 24.5 Å². The minimum absolute atomic E-state index is 0.322. The molecule has 0 saturated carbocycles. The first-order valence-electron chi connectivity index (χ1n) is 7.48.